The van der Waals surface area contributed by atoms with Gasteiger partial charge in [-0.05, 0) is 35.4 Å². The zero-order chi connectivity index (χ0) is 15.0. The number of amides is 2. The van der Waals surface area contributed by atoms with E-state index in [4.69, 9.17) is 5.73 Å². The minimum Gasteiger partial charge on any atom is -0.326 e. The largest absolute Gasteiger partial charge is 0.326 e. The van der Waals surface area contributed by atoms with Gasteiger partial charge in [-0.3, -0.25) is 14.5 Å². The zero-order valence-electron chi connectivity index (χ0n) is 11.2. The third kappa shape index (κ3) is 2.39. The van der Waals surface area contributed by atoms with E-state index in [9.17, 15) is 9.59 Å². The monoisotopic (exact) mass is 344 g/mol. The molecule has 2 aromatic rings. The zero-order valence-corrected chi connectivity index (χ0v) is 12.8. The lowest BCUT2D eigenvalue weighted by molar-refractivity contribution is 0.0642. The smallest absolute Gasteiger partial charge is 0.261 e. The molecule has 0 spiro atoms. The number of hydrogen-bond acceptors (Lipinski definition) is 3. The number of carbonyl (C=O) groups excluding carboxylic acids is 2. The van der Waals surface area contributed by atoms with Gasteiger partial charge in [-0.25, -0.2) is 0 Å². The van der Waals surface area contributed by atoms with E-state index in [-0.39, 0.29) is 18.4 Å². The molecule has 0 unspecified atom stereocenters. The lowest BCUT2D eigenvalue weighted by Gasteiger charge is -2.16. The fourth-order valence-corrected chi connectivity index (χ4v) is 2.90. The van der Waals surface area contributed by atoms with E-state index in [1.807, 2.05) is 18.2 Å². The molecule has 106 valence electrons. The van der Waals surface area contributed by atoms with E-state index in [1.165, 1.54) is 4.90 Å². The van der Waals surface area contributed by atoms with Gasteiger partial charge in [0.05, 0.1) is 17.7 Å². The molecule has 0 bridgehead atoms. The summed E-state index contributed by atoms with van der Waals surface area (Å²) in [5.74, 6) is -0.497. The maximum absolute atomic E-state index is 12.3. The Balaban J connectivity index is 1.94. The van der Waals surface area contributed by atoms with Crippen LogP contribution in [0.5, 0.6) is 0 Å². The predicted molar refractivity (Wildman–Crippen MR) is 82.7 cm³/mol. The SMILES string of the molecule is NCc1cc(Br)ccc1CN1C(=O)c2ccccc2C1=O. The van der Waals surface area contributed by atoms with Gasteiger partial charge < -0.3 is 5.73 Å². The number of imide groups is 1. The molecular weight excluding hydrogens is 332 g/mol. The lowest BCUT2D eigenvalue weighted by atomic mass is 10.1. The first kappa shape index (κ1) is 14.0. The maximum atomic E-state index is 12.3. The molecule has 3 rings (SSSR count). The third-order valence-electron chi connectivity index (χ3n) is 3.59. The molecule has 5 heteroatoms. The summed E-state index contributed by atoms with van der Waals surface area (Å²) in [6.07, 6.45) is 0. The van der Waals surface area contributed by atoms with Gasteiger partial charge in [0.15, 0.2) is 0 Å². The highest BCUT2D eigenvalue weighted by Crippen LogP contribution is 2.26. The van der Waals surface area contributed by atoms with Gasteiger partial charge in [-0.1, -0.05) is 34.1 Å². The molecule has 2 amide bonds. The predicted octanol–water partition coefficient (Wildman–Crippen LogP) is 2.70. The first-order valence-corrected chi connectivity index (χ1v) is 7.33. The van der Waals surface area contributed by atoms with Crippen molar-refractivity contribution in [1.82, 2.24) is 4.90 Å². The van der Waals surface area contributed by atoms with Crippen molar-refractivity contribution in [3.05, 3.63) is 69.2 Å². The molecule has 1 aliphatic rings. The van der Waals surface area contributed by atoms with E-state index < -0.39 is 0 Å². The molecular formula is C16H13BrN2O2. The van der Waals surface area contributed by atoms with Crippen LogP contribution >= 0.6 is 15.9 Å². The van der Waals surface area contributed by atoms with Gasteiger partial charge in [0.2, 0.25) is 0 Å². The molecule has 1 heterocycles. The number of halogens is 1. The second-order valence-corrected chi connectivity index (χ2v) is 5.77. The number of nitrogens with two attached hydrogens (primary N) is 1. The average Bonchev–Trinajstić information content (AvgIpc) is 2.74. The molecule has 1 aliphatic heterocycles. The van der Waals surface area contributed by atoms with E-state index in [1.54, 1.807) is 24.3 Å². The second-order valence-electron chi connectivity index (χ2n) is 4.86. The first-order valence-electron chi connectivity index (χ1n) is 6.54. The third-order valence-corrected chi connectivity index (χ3v) is 4.09. The average molecular weight is 345 g/mol. The Bertz CT molecular complexity index is 708. The highest BCUT2D eigenvalue weighted by Gasteiger charge is 2.35. The van der Waals surface area contributed by atoms with Crippen LogP contribution in [0.3, 0.4) is 0 Å². The van der Waals surface area contributed by atoms with Crippen LogP contribution in [0.2, 0.25) is 0 Å². The van der Waals surface area contributed by atoms with Crippen molar-refractivity contribution in [2.45, 2.75) is 13.1 Å². The second kappa shape index (κ2) is 5.42. The van der Waals surface area contributed by atoms with Crippen molar-refractivity contribution in [3.63, 3.8) is 0 Å². The summed E-state index contributed by atoms with van der Waals surface area (Å²) in [5, 5.41) is 0. The van der Waals surface area contributed by atoms with Crippen molar-refractivity contribution in [1.29, 1.82) is 0 Å². The molecule has 0 saturated heterocycles. The van der Waals surface area contributed by atoms with Crippen LogP contribution in [0.25, 0.3) is 0 Å². The topological polar surface area (TPSA) is 63.4 Å². The van der Waals surface area contributed by atoms with Gasteiger partial charge in [-0.15, -0.1) is 0 Å². The lowest BCUT2D eigenvalue weighted by Crippen LogP contribution is -2.29. The van der Waals surface area contributed by atoms with Gasteiger partial charge in [0.1, 0.15) is 0 Å². The maximum Gasteiger partial charge on any atom is 0.261 e. The van der Waals surface area contributed by atoms with Gasteiger partial charge in [0.25, 0.3) is 11.8 Å². The minimum absolute atomic E-state index is 0.242. The standard InChI is InChI=1S/C16H13BrN2O2/c17-12-6-5-10(11(7-12)8-18)9-19-15(20)13-3-1-2-4-14(13)16(19)21/h1-7H,8-9,18H2. The molecule has 0 aromatic heterocycles. The molecule has 0 radical (unpaired) electrons. The highest BCUT2D eigenvalue weighted by molar-refractivity contribution is 9.10. The summed E-state index contributed by atoms with van der Waals surface area (Å²) in [5.41, 5.74) is 8.47. The van der Waals surface area contributed by atoms with Crippen LogP contribution in [-0.4, -0.2) is 16.7 Å². The van der Waals surface area contributed by atoms with Crippen LogP contribution in [-0.2, 0) is 13.1 Å². The van der Waals surface area contributed by atoms with Crippen molar-refractivity contribution in [3.8, 4) is 0 Å². The van der Waals surface area contributed by atoms with E-state index >= 15 is 0 Å². The Morgan fingerprint density at radius 1 is 0.952 bits per heavy atom. The first-order chi connectivity index (χ1) is 10.1. The normalized spacial score (nSPS) is 13.7. The Hall–Kier alpha value is -1.98. The summed E-state index contributed by atoms with van der Waals surface area (Å²) in [6.45, 7) is 0.601. The van der Waals surface area contributed by atoms with Gasteiger partial charge in [-0.2, -0.15) is 0 Å². The number of benzene rings is 2. The number of nitrogens with zero attached hydrogens (tertiary/aromatic N) is 1. The van der Waals surface area contributed by atoms with Crippen molar-refractivity contribution in [2.24, 2.45) is 5.73 Å². The summed E-state index contributed by atoms with van der Waals surface area (Å²) in [4.78, 5) is 26.0. The van der Waals surface area contributed by atoms with Crippen LogP contribution in [0, 0.1) is 0 Å². The Kier molecular flexibility index (Phi) is 3.61. The Morgan fingerprint density at radius 3 is 2.14 bits per heavy atom. The molecule has 0 fully saturated rings. The Morgan fingerprint density at radius 2 is 1.57 bits per heavy atom. The molecule has 2 N–H and O–H groups in total. The molecule has 4 nitrogen and oxygen atoms in total. The quantitative estimate of drug-likeness (QED) is 0.870. The number of rotatable bonds is 3. The molecule has 0 atom stereocenters. The minimum atomic E-state index is -0.249. The Labute approximate surface area is 130 Å². The van der Waals surface area contributed by atoms with Crippen molar-refractivity contribution < 1.29 is 9.59 Å². The van der Waals surface area contributed by atoms with Crippen LogP contribution in [0.1, 0.15) is 31.8 Å². The van der Waals surface area contributed by atoms with Gasteiger partial charge >= 0.3 is 0 Å². The molecule has 0 aliphatic carbocycles. The number of fused-ring (bicyclic) bond motifs is 1. The van der Waals surface area contributed by atoms with Crippen molar-refractivity contribution in [2.75, 3.05) is 0 Å². The fraction of sp³-hybridized carbons (Fsp3) is 0.125. The summed E-state index contributed by atoms with van der Waals surface area (Å²) in [6, 6.07) is 12.6. The van der Waals surface area contributed by atoms with Gasteiger partial charge in [0, 0.05) is 11.0 Å². The fourth-order valence-electron chi connectivity index (χ4n) is 2.49. The van der Waals surface area contributed by atoms with Crippen LogP contribution in [0.15, 0.2) is 46.9 Å². The summed E-state index contributed by atoms with van der Waals surface area (Å²) >= 11 is 3.39. The van der Waals surface area contributed by atoms with Crippen LogP contribution in [0.4, 0.5) is 0 Å². The summed E-state index contributed by atoms with van der Waals surface area (Å²) < 4.78 is 0.925. The highest BCUT2D eigenvalue weighted by atomic mass is 79.9. The van der Waals surface area contributed by atoms with E-state index in [0.29, 0.717) is 17.7 Å². The van der Waals surface area contributed by atoms with Crippen LogP contribution < -0.4 is 5.73 Å². The van der Waals surface area contributed by atoms with E-state index in [2.05, 4.69) is 15.9 Å². The number of carbonyl (C=O) groups is 2. The molecule has 2 aromatic carbocycles. The van der Waals surface area contributed by atoms with E-state index in [0.717, 1.165) is 15.6 Å². The molecule has 21 heavy (non-hydrogen) atoms. The summed E-state index contributed by atoms with van der Waals surface area (Å²) in [7, 11) is 0. The molecule has 0 saturated carbocycles. The van der Waals surface area contributed by atoms with Crippen molar-refractivity contribution >= 4 is 27.7 Å². The number of hydrogen-bond donors (Lipinski definition) is 1.